The fourth-order valence-electron chi connectivity index (χ4n) is 2.77. The Balaban J connectivity index is 0.00000133. The van der Waals surface area contributed by atoms with Crippen molar-refractivity contribution in [1.82, 2.24) is 10.2 Å². The summed E-state index contributed by atoms with van der Waals surface area (Å²) in [6.45, 7) is 3.33. The first-order valence-corrected chi connectivity index (χ1v) is 6.71. The average Bonchev–Trinajstić information content (AvgIpc) is 2.92. The van der Waals surface area contributed by atoms with E-state index in [0.717, 1.165) is 19.6 Å². The van der Waals surface area contributed by atoms with E-state index in [1.807, 2.05) is 0 Å². The standard InChI is InChI=1S/C16H20N2.ClH/c1-18(16-8-9-17-11-16)12-13-6-7-14-4-2-3-5-15(14)10-13;/h2-7,10,16-17H,8-9,11-12H2,1H3;1H. The molecular formula is C16H21ClN2. The van der Waals surface area contributed by atoms with Gasteiger partial charge in [0.2, 0.25) is 0 Å². The van der Waals surface area contributed by atoms with Crippen molar-refractivity contribution in [1.29, 1.82) is 0 Å². The fourth-order valence-corrected chi connectivity index (χ4v) is 2.77. The first-order chi connectivity index (χ1) is 8.83. The quantitative estimate of drug-likeness (QED) is 0.927. The molecule has 1 heterocycles. The van der Waals surface area contributed by atoms with Crippen molar-refractivity contribution in [2.75, 3.05) is 20.1 Å². The maximum Gasteiger partial charge on any atom is 0.0234 e. The molecule has 3 rings (SSSR count). The summed E-state index contributed by atoms with van der Waals surface area (Å²) in [7, 11) is 2.23. The Morgan fingerprint density at radius 1 is 1.16 bits per heavy atom. The van der Waals surface area contributed by atoms with Gasteiger partial charge >= 0.3 is 0 Å². The lowest BCUT2D eigenvalue weighted by Crippen LogP contribution is -2.32. The van der Waals surface area contributed by atoms with Crippen LogP contribution in [0, 0.1) is 0 Å². The van der Waals surface area contributed by atoms with Gasteiger partial charge in [0.05, 0.1) is 0 Å². The Morgan fingerprint density at radius 2 is 1.95 bits per heavy atom. The molecule has 1 aliphatic rings. The summed E-state index contributed by atoms with van der Waals surface area (Å²) in [5.41, 5.74) is 1.41. The molecule has 0 radical (unpaired) electrons. The molecule has 0 aliphatic carbocycles. The molecule has 0 bridgehead atoms. The lowest BCUT2D eigenvalue weighted by molar-refractivity contribution is 0.249. The monoisotopic (exact) mass is 276 g/mol. The normalized spacial score (nSPS) is 18.7. The molecule has 1 aliphatic heterocycles. The minimum absolute atomic E-state index is 0. The van der Waals surface area contributed by atoms with E-state index in [-0.39, 0.29) is 12.4 Å². The number of fused-ring (bicyclic) bond motifs is 1. The van der Waals surface area contributed by atoms with E-state index in [2.05, 4.69) is 59.7 Å². The van der Waals surface area contributed by atoms with E-state index in [0.29, 0.717) is 6.04 Å². The summed E-state index contributed by atoms with van der Waals surface area (Å²) >= 11 is 0. The number of likely N-dealkylation sites (N-methyl/N-ethyl adjacent to an activating group) is 1. The highest BCUT2D eigenvalue weighted by Gasteiger charge is 2.18. The van der Waals surface area contributed by atoms with Crippen LogP contribution in [0.2, 0.25) is 0 Å². The van der Waals surface area contributed by atoms with Crippen molar-refractivity contribution in [3.8, 4) is 0 Å². The Bertz CT molecular complexity index is 535. The van der Waals surface area contributed by atoms with Gasteiger partial charge < -0.3 is 5.32 Å². The summed E-state index contributed by atoms with van der Waals surface area (Å²) in [6, 6.07) is 16.0. The zero-order valence-electron chi connectivity index (χ0n) is 11.3. The largest absolute Gasteiger partial charge is 0.315 e. The second-order valence-corrected chi connectivity index (χ2v) is 5.24. The maximum absolute atomic E-state index is 3.43. The Kier molecular flexibility index (Phi) is 4.81. The molecule has 0 aromatic heterocycles. The highest BCUT2D eigenvalue weighted by atomic mass is 35.5. The van der Waals surface area contributed by atoms with Crippen LogP contribution in [0.25, 0.3) is 10.8 Å². The van der Waals surface area contributed by atoms with Gasteiger partial charge in [-0.25, -0.2) is 0 Å². The number of hydrogen-bond donors (Lipinski definition) is 1. The first-order valence-electron chi connectivity index (χ1n) is 6.71. The van der Waals surface area contributed by atoms with Crippen LogP contribution in [0.5, 0.6) is 0 Å². The second kappa shape index (κ2) is 6.38. The van der Waals surface area contributed by atoms with E-state index in [9.17, 15) is 0 Å². The predicted molar refractivity (Wildman–Crippen MR) is 83.9 cm³/mol. The van der Waals surface area contributed by atoms with Crippen LogP contribution in [-0.2, 0) is 6.54 Å². The van der Waals surface area contributed by atoms with Gasteiger partial charge in [0, 0.05) is 19.1 Å². The summed E-state index contributed by atoms with van der Waals surface area (Å²) in [6.07, 6.45) is 1.27. The minimum atomic E-state index is 0. The molecule has 102 valence electrons. The second-order valence-electron chi connectivity index (χ2n) is 5.24. The van der Waals surface area contributed by atoms with Crippen molar-refractivity contribution in [2.24, 2.45) is 0 Å². The molecule has 0 spiro atoms. The van der Waals surface area contributed by atoms with Crippen molar-refractivity contribution >= 4 is 23.2 Å². The van der Waals surface area contributed by atoms with E-state index < -0.39 is 0 Å². The third kappa shape index (κ3) is 3.27. The molecule has 1 unspecified atom stereocenters. The zero-order valence-corrected chi connectivity index (χ0v) is 12.1. The molecular weight excluding hydrogens is 256 g/mol. The molecule has 2 aromatic carbocycles. The summed E-state index contributed by atoms with van der Waals surface area (Å²) in [5, 5.41) is 6.09. The highest BCUT2D eigenvalue weighted by Crippen LogP contribution is 2.18. The maximum atomic E-state index is 3.43. The van der Waals surface area contributed by atoms with Gasteiger partial charge in [0.1, 0.15) is 0 Å². The number of halogens is 1. The number of hydrogen-bond acceptors (Lipinski definition) is 2. The molecule has 19 heavy (non-hydrogen) atoms. The smallest absolute Gasteiger partial charge is 0.0234 e. The molecule has 1 N–H and O–H groups in total. The van der Waals surface area contributed by atoms with Gasteiger partial charge in [-0.1, -0.05) is 36.4 Å². The van der Waals surface area contributed by atoms with Crippen LogP contribution in [-0.4, -0.2) is 31.1 Å². The molecule has 1 saturated heterocycles. The van der Waals surface area contributed by atoms with E-state index >= 15 is 0 Å². The SMILES string of the molecule is CN(Cc1ccc2ccccc2c1)C1CCNC1.Cl. The fraction of sp³-hybridized carbons (Fsp3) is 0.375. The molecule has 3 heteroatoms. The topological polar surface area (TPSA) is 15.3 Å². The Labute approximate surface area is 121 Å². The van der Waals surface area contributed by atoms with Gasteiger partial charge in [0.25, 0.3) is 0 Å². The Morgan fingerprint density at radius 3 is 2.68 bits per heavy atom. The van der Waals surface area contributed by atoms with Gasteiger partial charge in [-0.15, -0.1) is 12.4 Å². The number of rotatable bonds is 3. The van der Waals surface area contributed by atoms with Crippen molar-refractivity contribution in [3.05, 3.63) is 48.0 Å². The highest BCUT2D eigenvalue weighted by molar-refractivity contribution is 5.85. The van der Waals surface area contributed by atoms with Crippen LogP contribution in [0.15, 0.2) is 42.5 Å². The van der Waals surface area contributed by atoms with Crippen LogP contribution in [0.3, 0.4) is 0 Å². The van der Waals surface area contributed by atoms with Crippen molar-refractivity contribution in [3.63, 3.8) is 0 Å². The number of nitrogens with one attached hydrogen (secondary N) is 1. The summed E-state index contributed by atoms with van der Waals surface area (Å²) in [4.78, 5) is 2.46. The number of nitrogens with zero attached hydrogens (tertiary/aromatic N) is 1. The van der Waals surface area contributed by atoms with Crippen LogP contribution in [0.1, 0.15) is 12.0 Å². The van der Waals surface area contributed by atoms with Crippen LogP contribution in [0.4, 0.5) is 0 Å². The van der Waals surface area contributed by atoms with E-state index in [4.69, 9.17) is 0 Å². The average molecular weight is 277 g/mol. The van der Waals surface area contributed by atoms with Crippen molar-refractivity contribution in [2.45, 2.75) is 19.0 Å². The lowest BCUT2D eigenvalue weighted by Gasteiger charge is -2.23. The van der Waals surface area contributed by atoms with E-state index in [1.165, 1.54) is 22.8 Å². The predicted octanol–water partition coefficient (Wildman–Crippen LogP) is 3.06. The zero-order chi connectivity index (χ0) is 12.4. The van der Waals surface area contributed by atoms with Gasteiger partial charge in [-0.2, -0.15) is 0 Å². The molecule has 1 fully saturated rings. The summed E-state index contributed by atoms with van der Waals surface area (Å²) in [5.74, 6) is 0. The molecule has 2 nitrogen and oxygen atoms in total. The Hall–Kier alpha value is -1.09. The third-order valence-corrected chi connectivity index (χ3v) is 3.90. The molecule has 0 amide bonds. The number of benzene rings is 2. The van der Waals surface area contributed by atoms with Gasteiger partial charge in [0.15, 0.2) is 0 Å². The van der Waals surface area contributed by atoms with Crippen LogP contribution < -0.4 is 5.32 Å². The minimum Gasteiger partial charge on any atom is -0.315 e. The van der Waals surface area contributed by atoms with E-state index in [1.54, 1.807) is 0 Å². The first kappa shape index (κ1) is 14.3. The lowest BCUT2D eigenvalue weighted by atomic mass is 10.1. The van der Waals surface area contributed by atoms with Gasteiger partial charge in [-0.3, -0.25) is 4.90 Å². The molecule has 1 atom stereocenters. The molecule has 2 aromatic rings. The van der Waals surface area contributed by atoms with Gasteiger partial charge in [-0.05, 0) is 42.4 Å². The summed E-state index contributed by atoms with van der Waals surface area (Å²) < 4.78 is 0. The van der Waals surface area contributed by atoms with Crippen LogP contribution >= 0.6 is 12.4 Å². The molecule has 0 saturated carbocycles. The third-order valence-electron chi connectivity index (χ3n) is 3.90. The van der Waals surface area contributed by atoms with Crippen molar-refractivity contribution < 1.29 is 0 Å².